The molecule has 2 aromatic rings. The van der Waals surface area contributed by atoms with E-state index in [1.807, 2.05) is 44.3 Å². The number of rotatable bonds is 9. The smallest absolute Gasteiger partial charge is 0.244 e. The number of amides is 1. The van der Waals surface area contributed by atoms with Crippen LogP contribution in [0.4, 0.5) is 0 Å². The summed E-state index contributed by atoms with van der Waals surface area (Å²) in [7, 11) is -1.56. The second-order valence-electron chi connectivity index (χ2n) is 8.06. The Morgan fingerprint density at radius 3 is 2.41 bits per heavy atom. The molecule has 0 spiro atoms. The summed E-state index contributed by atoms with van der Waals surface area (Å²) in [4.78, 5) is 19.4. The molecule has 1 aliphatic heterocycles. The number of nitrogens with one attached hydrogen (secondary N) is 1. The molecule has 3 rings (SSSR count). The van der Waals surface area contributed by atoms with Crippen LogP contribution in [0.3, 0.4) is 0 Å². The van der Waals surface area contributed by atoms with E-state index in [-0.39, 0.29) is 22.1 Å². The van der Waals surface area contributed by atoms with Gasteiger partial charge in [0.1, 0.15) is 4.90 Å². The van der Waals surface area contributed by atoms with Gasteiger partial charge in [0.05, 0.1) is 16.3 Å². The van der Waals surface area contributed by atoms with Crippen molar-refractivity contribution in [2.75, 3.05) is 33.2 Å². The third-order valence-corrected chi connectivity index (χ3v) is 8.50. The van der Waals surface area contributed by atoms with Crippen LogP contribution in [-0.4, -0.2) is 67.0 Å². The van der Waals surface area contributed by atoms with Gasteiger partial charge in [-0.1, -0.05) is 55.4 Å². The monoisotopic (exact) mass is 476 g/mol. The van der Waals surface area contributed by atoms with E-state index in [0.717, 1.165) is 31.5 Å². The highest BCUT2D eigenvalue weighted by Gasteiger charge is 2.28. The van der Waals surface area contributed by atoms with Crippen molar-refractivity contribution in [3.05, 3.63) is 54.2 Å². The third kappa shape index (κ3) is 6.31. The van der Waals surface area contributed by atoms with Crippen LogP contribution >= 0.6 is 11.8 Å². The summed E-state index contributed by atoms with van der Waals surface area (Å²) in [5.74, 6) is -0.0618. The summed E-state index contributed by atoms with van der Waals surface area (Å²) < 4.78 is 27.2. The lowest BCUT2D eigenvalue weighted by Gasteiger charge is -2.31. The number of thioether (sulfide) groups is 1. The lowest BCUT2D eigenvalue weighted by Crippen LogP contribution is -2.47. The Hall–Kier alpha value is -1.94. The highest BCUT2D eigenvalue weighted by atomic mass is 32.2. The first kappa shape index (κ1) is 24.7. The molecule has 1 aromatic heterocycles. The van der Waals surface area contributed by atoms with Crippen LogP contribution < -0.4 is 5.32 Å². The molecule has 1 aromatic carbocycles. The topological polar surface area (TPSA) is 82.6 Å². The van der Waals surface area contributed by atoms with Crippen molar-refractivity contribution >= 4 is 27.7 Å². The zero-order chi connectivity index (χ0) is 23.1. The van der Waals surface area contributed by atoms with Crippen LogP contribution in [0.2, 0.25) is 0 Å². The van der Waals surface area contributed by atoms with Gasteiger partial charge in [-0.2, -0.15) is 4.31 Å². The molecule has 1 N–H and O–H groups in total. The Bertz CT molecular complexity index is 976. The molecule has 32 heavy (non-hydrogen) atoms. The average molecular weight is 477 g/mol. The molecule has 9 heteroatoms. The maximum Gasteiger partial charge on any atom is 0.244 e. The molecule has 0 bridgehead atoms. The molecule has 1 amide bonds. The van der Waals surface area contributed by atoms with Gasteiger partial charge in [-0.25, -0.2) is 13.4 Å². The fraction of sp³-hybridized carbons (Fsp3) is 0.478. The van der Waals surface area contributed by atoms with E-state index in [1.165, 1.54) is 22.3 Å². The molecule has 2 atom stereocenters. The average Bonchev–Trinajstić information content (AvgIpc) is 2.80. The highest BCUT2D eigenvalue weighted by molar-refractivity contribution is 8.00. The van der Waals surface area contributed by atoms with E-state index in [4.69, 9.17) is 0 Å². The van der Waals surface area contributed by atoms with Crippen LogP contribution in [0, 0.1) is 0 Å². The lowest BCUT2D eigenvalue weighted by molar-refractivity contribution is -0.121. The Kier molecular flexibility index (Phi) is 8.70. The zero-order valence-corrected chi connectivity index (χ0v) is 20.5. The van der Waals surface area contributed by atoms with Gasteiger partial charge in [0, 0.05) is 32.4 Å². The number of piperazine rings is 1. The van der Waals surface area contributed by atoms with Gasteiger partial charge in [-0.05, 0) is 38.1 Å². The maximum absolute atomic E-state index is 12.8. The first-order chi connectivity index (χ1) is 15.3. The predicted molar refractivity (Wildman–Crippen MR) is 128 cm³/mol. The lowest BCUT2D eigenvalue weighted by atomic mass is 10.0. The van der Waals surface area contributed by atoms with Gasteiger partial charge < -0.3 is 10.2 Å². The van der Waals surface area contributed by atoms with Crippen molar-refractivity contribution < 1.29 is 13.2 Å². The number of hydrogen-bond donors (Lipinski definition) is 1. The first-order valence-electron chi connectivity index (χ1n) is 11.0. The molecule has 1 saturated heterocycles. The number of benzene rings is 1. The molecule has 1 fully saturated rings. The van der Waals surface area contributed by atoms with Gasteiger partial charge in [-0.15, -0.1) is 0 Å². The van der Waals surface area contributed by atoms with E-state index in [9.17, 15) is 13.2 Å². The molecular weight excluding hydrogens is 444 g/mol. The Morgan fingerprint density at radius 2 is 1.81 bits per heavy atom. The second kappa shape index (κ2) is 11.3. The van der Waals surface area contributed by atoms with Crippen LogP contribution in [0.1, 0.15) is 38.3 Å². The molecule has 0 aliphatic carbocycles. The summed E-state index contributed by atoms with van der Waals surface area (Å²) >= 11 is 1.32. The molecule has 0 saturated carbocycles. The summed E-state index contributed by atoms with van der Waals surface area (Å²) in [5.41, 5.74) is 1.09. The minimum atomic E-state index is -3.54. The van der Waals surface area contributed by atoms with Crippen molar-refractivity contribution in [1.29, 1.82) is 0 Å². The second-order valence-corrected chi connectivity index (χ2v) is 11.4. The number of aromatic nitrogens is 1. The molecule has 0 radical (unpaired) electrons. The molecule has 2 heterocycles. The minimum Gasteiger partial charge on any atom is -0.348 e. The summed E-state index contributed by atoms with van der Waals surface area (Å²) in [6, 6.07) is 13.2. The molecule has 1 aliphatic rings. The minimum absolute atomic E-state index is 0.0270. The maximum atomic E-state index is 12.8. The standard InChI is InChI=1S/C23H32N4O3S2/c1-4-8-21(19-9-6-5-7-10-19)25-23(28)18(2)31-22-12-11-20(17-24-22)32(29,30)27-15-13-26(3)14-16-27/h5-7,9-12,17-18,21H,4,8,13-16H2,1-3H3,(H,25,28)/t18-,21-/m0/s1. The number of nitrogens with zero attached hydrogens (tertiary/aromatic N) is 3. The van der Waals surface area contributed by atoms with Crippen molar-refractivity contribution in [1.82, 2.24) is 19.5 Å². The summed E-state index contributed by atoms with van der Waals surface area (Å²) in [6.45, 7) is 6.33. The van der Waals surface area contributed by atoms with Crippen LogP contribution in [0.15, 0.2) is 58.6 Å². The van der Waals surface area contributed by atoms with Crippen molar-refractivity contribution in [2.45, 2.75) is 47.9 Å². The largest absolute Gasteiger partial charge is 0.348 e. The van der Waals surface area contributed by atoms with Gasteiger partial charge in [-0.3, -0.25) is 4.79 Å². The van der Waals surface area contributed by atoms with E-state index in [1.54, 1.807) is 12.1 Å². The predicted octanol–water partition coefficient (Wildman–Crippen LogP) is 3.16. The first-order valence-corrected chi connectivity index (χ1v) is 13.3. The van der Waals surface area contributed by atoms with Crippen LogP contribution in [-0.2, 0) is 14.8 Å². The van der Waals surface area contributed by atoms with E-state index >= 15 is 0 Å². The fourth-order valence-corrected chi connectivity index (χ4v) is 5.75. The molecule has 174 valence electrons. The quantitative estimate of drug-likeness (QED) is 0.560. The Balaban J connectivity index is 1.61. The third-order valence-electron chi connectivity index (χ3n) is 5.57. The van der Waals surface area contributed by atoms with Gasteiger partial charge in [0.25, 0.3) is 0 Å². The molecule has 0 unspecified atom stereocenters. The number of hydrogen-bond acceptors (Lipinski definition) is 6. The van der Waals surface area contributed by atoms with Gasteiger partial charge >= 0.3 is 0 Å². The zero-order valence-electron chi connectivity index (χ0n) is 18.9. The van der Waals surface area contributed by atoms with Crippen molar-refractivity contribution in [2.24, 2.45) is 0 Å². The van der Waals surface area contributed by atoms with E-state index in [0.29, 0.717) is 18.1 Å². The number of likely N-dealkylation sites (N-methyl/N-ethyl adjacent to an activating group) is 1. The van der Waals surface area contributed by atoms with E-state index in [2.05, 4.69) is 22.1 Å². The summed E-state index contributed by atoms with van der Waals surface area (Å²) in [5, 5.41) is 3.41. The normalized spacial score (nSPS) is 17.6. The molecular formula is C23H32N4O3S2. The fourth-order valence-electron chi connectivity index (χ4n) is 3.59. The Labute approximate surface area is 195 Å². The Morgan fingerprint density at radius 1 is 1.12 bits per heavy atom. The van der Waals surface area contributed by atoms with E-state index < -0.39 is 10.0 Å². The van der Waals surface area contributed by atoms with Gasteiger partial charge in [0.2, 0.25) is 15.9 Å². The van der Waals surface area contributed by atoms with Crippen molar-refractivity contribution in [3.63, 3.8) is 0 Å². The number of sulfonamides is 1. The summed E-state index contributed by atoms with van der Waals surface area (Å²) in [6.07, 6.45) is 3.22. The van der Waals surface area contributed by atoms with Gasteiger partial charge in [0.15, 0.2) is 0 Å². The van der Waals surface area contributed by atoms with Crippen LogP contribution in [0.25, 0.3) is 0 Å². The van der Waals surface area contributed by atoms with Crippen molar-refractivity contribution in [3.8, 4) is 0 Å². The number of pyridine rings is 1. The molecule has 7 nitrogen and oxygen atoms in total. The number of carbonyl (C=O) groups excluding carboxylic acids is 1. The number of carbonyl (C=O) groups is 1. The van der Waals surface area contributed by atoms with Crippen LogP contribution in [0.5, 0.6) is 0 Å². The SMILES string of the molecule is CCC[C@H](NC(=O)[C@H](C)Sc1ccc(S(=O)(=O)N2CCN(C)CC2)cn1)c1ccccc1. The highest BCUT2D eigenvalue weighted by Crippen LogP contribution is 2.25.